The van der Waals surface area contributed by atoms with Gasteiger partial charge in [0.2, 0.25) is 0 Å². The van der Waals surface area contributed by atoms with E-state index in [9.17, 15) is 4.79 Å². The van der Waals surface area contributed by atoms with E-state index >= 15 is 0 Å². The van der Waals surface area contributed by atoms with Crippen LogP contribution in [-0.4, -0.2) is 16.2 Å². The van der Waals surface area contributed by atoms with Gasteiger partial charge in [-0.1, -0.05) is 30.3 Å². The Labute approximate surface area is 102 Å². The molecule has 1 aromatic heterocycles. The fourth-order valence-electron chi connectivity index (χ4n) is 1.57. The van der Waals surface area contributed by atoms with Crippen LogP contribution in [0.2, 0.25) is 0 Å². The van der Waals surface area contributed by atoms with Crippen molar-refractivity contribution >= 4 is 17.2 Å². The number of hydrogen-bond acceptors (Lipinski definition) is 4. The Morgan fingerprint density at radius 3 is 2.59 bits per heavy atom. The van der Waals surface area contributed by atoms with Crippen LogP contribution in [0.25, 0.3) is 11.1 Å². The van der Waals surface area contributed by atoms with Crippen LogP contribution in [-0.2, 0) is 6.61 Å². The van der Waals surface area contributed by atoms with Crippen molar-refractivity contribution in [1.82, 2.24) is 5.48 Å². The molecule has 0 saturated heterocycles. The highest BCUT2D eigenvalue weighted by Crippen LogP contribution is 2.31. The highest BCUT2D eigenvalue weighted by Gasteiger charge is 2.16. The SMILES string of the molecule is O=C(NO)c1sc(CO)cc1-c1ccccc1. The van der Waals surface area contributed by atoms with Gasteiger partial charge in [-0.3, -0.25) is 10.0 Å². The van der Waals surface area contributed by atoms with Gasteiger partial charge in [-0.15, -0.1) is 11.3 Å². The first-order valence-electron chi connectivity index (χ1n) is 4.99. The maximum absolute atomic E-state index is 11.5. The van der Waals surface area contributed by atoms with Crippen molar-refractivity contribution in [3.05, 3.63) is 46.2 Å². The second-order valence-electron chi connectivity index (χ2n) is 3.42. The molecule has 1 amide bonds. The van der Waals surface area contributed by atoms with Gasteiger partial charge in [0.05, 0.1) is 6.61 Å². The zero-order valence-corrected chi connectivity index (χ0v) is 9.70. The molecule has 0 unspecified atom stereocenters. The molecule has 0 fully saturated rings. The van der Waals surface area contributed by atoms with E-state index in [-0.39, 0.29) is 6.61 Å². The van der Waals surface area contributed by atoms with Crippen molar-refractivity contribution in [3.63, 3.8) is 0 Å². The van der Waals surface area contributed by atoms with Crippen LogP contribution < -0.4 is 5.48 Å². The van der Waals surface area contributed by atoms with E-state index in [1.54, 1.807) is 11.5 Å². The lowest BCUT2D eigenvalue weighted by Crippen LogP contribution is -2.17. The normalized spacial score (nSPS) is 10.2. The third-order valence-electron chi connectivity index (χ3n) is 2.33. The molecule has 0 atom stereocenters. The smallest absolute Gasteiger partial charge is 0.285 e. The summed E-state index contributed by atoms with van der Waals surface area (Å²) in [6.07, 6.45) is 0. The molecule has 0 saturated carbocycles. The quantitative estimate of drug-likeness (QED) is 0.576. The number of benzene rings is 1. The molecular weight excluding hydrogens is 238 g/mol. The Morgan fingerprint density at radius 1 is 1.29 bits per heavy atom. The molecule has 5 heteroatoms. The molecular formula is C12H11NO3S. The summed E-state index contributed by atoms with van der Waals surface area (Å²) in [7, 11) is 0. The van der Waals surface area contributed by atoms with Crippen molar-refractivity contribution in [2.45, 2.75) is 6.61 Å². The molecule has 88 valence electrons. The summed E-state index contributed by atoms with van der Waals surface area (Å²) in [6.45, 7) is -0.122. The maximum atomic E-state index is 11.5. The first-order chi connectivity index (χ1) is 8.26. The zero-order chi connectivity index (χ0) is 12.3. The van der Waals surface area contributed by atoms with Crippen LogP contribution in [0, 0.1) is 0 Å². The van der Waals surface area contributed by atoms with Gasteiger partial charge in [-0.05, 0) is 11.6 Å². The molecule has 17 heavy (non-hydrogen) atoms. The van der Waals surface area contributed by atoms with E-state index < -0.39 is 5.91 Å². The van der Waals surface area contributed by atoms with Crippen molar-refractivity contribution in [3.8, 4) is 11.1 Å². The summed E-state index contributed by atoms with van der Waals surface area (Å²) in [4.78, 5) is 12.6. The molecule has 4 nitrogen and oxygen atoms in total. The minimum atomic E-state index is -0.562. The van der Waals surface area contributed by atoms with Gasteiger partial charge in [-0.2, -0.15) is 0 Å². The molecule has 0 aliphatic carbocycles. The number of carbonyl (C=O) groups is 1. The number of hydrogen-bond donors (Lipinski definition) is 3. The first kappa shape index (κ1) is 11.8. The molecule has 1 heterocycles. The molecule has 0 aliphatic heterocycles. The average molecular weight is 249 g/mol. The molecule has 2 rings (SSSR count). The van der Waals surface area contributed by atoms with E-state index in [1.807, 2.05) is 30.3 Å². The summed E-state index contributed by atoms with van der Waals surface area (Å²) in [5.41, 5.74) is 3.21. The number of aliphatic hydroxyl groups is 1. The van der Waals surface area contributed by atoms with Crippen LogP contribution in [0.3, 0.4) is 0 Å². The van der Waals surface area contributed by atoms with Gasteiger partial charge in [0.15, 0.2) is 0 Å². The zero-order valence-electron chi connectivity index (χ0n) is 8.88. The van der Waals surface area contributed by atoms with E-state index in [2.05, 4.69) is 0 Å². The molecule has 0 bridgehead atoms. The van der Waals surface area contributed by atoms with Crippen LogP contribution in [0.5, 0.6) is 0 Å². The van der Waals surface area contributed by atoms with E-state index in [1.165, 1.54) is 0 Å². The third kappa shape index (κ3) is 2.36. The Balaban J connectivity index is 2.52. The fraction of sp³-hybridized carbons (Fsp3) is 0.0833. The van der Waals surface area contributed by atoms with Gasteiger partial charge in [0.25, 0.3) is 5.91 Å². The van der Waals surface area contributed by atoms with Gasteiger partial charge >= 0.3 is 0 Å². The van der Waals surface area contributed by atoms with Crippen molar-refractivity contribution < 1.29 is 15.1 Å². The van der Waals surface area contributed by atoms with Crippen LogP contribution in [0.15, 0.2) is 36.4 Å². The highest BCUT2D eigenvalue weighted by molar-refractivity contribution is 7.14. The summed E-state index contributed by atoms with van der Waals surface area (Å²) < 4.78 is 0. The second kappa shape index (κ2) is 5.09. The largest absolute Gasteiger partial charge is 0.391 e. The Hall–Kier alpha value is -1.69. The Morgan fingerprint density at radius 2 is 2.00 bits per heavy atom. The molecule has 3 N–H and O–H groups in total. The predicted octanol–water partition coefficient (Wildman–Crippen LogP) is 2.03. The number of rotatable bonds is 3. The summed E-state index contributed by atoms with van der Waals surface area (Å²) in [6, 6.07) is 11.1. The van der Waals surface area contributed by atoms with E-state index in [0.717, 1.165) is 16.9 Å². The highest BCUT2D eigenvalue weighted by atomic mass is 32.1. The number of aliphatic hydroxyl groups excluding tert-OH is 1. The third-order valence-corrected chi connectivity index (χ3v) is 3.45. The number of hydroxylamine groups is 1. The Bertz CT molecular complexity index is 522. The monoisotopic (exact) mass is 249 g/mol. The number of carbonyl (C=O) groups excluding carboxylic acids is 1. The standard InChI is InChI=1S/C12H11NO3S/c14-7-9-6-10(8-4-2-1-3-5-8)11(17-9)12(15)13-16/h1-6,14,16H,7H2,(H,13,15). The molecule has 0 radical (unpaired) electrons. The van der Waals surface area contributed by atoms with E-state index in [0.29, 0.717) is 15.3 Å². The lowest BCUT2D eigenvalue weighted by Gasteiger charge is -2.01. The number of thiophene rings is 1. The van der Waals surface area contributed by atoms with Gasteiger partial charge in [0.1, 0.15) is 4.88 Å². The topological polar surface area (TPSA) is 69.6 Å². The molecule has 0 spiro atoms. The molecule has 2 aromatic rings. The van der Waals surface area contributed by atoms with Crippen LogP contribution in [0.4, 0.5) is 0 Å². The van der Waals surface area contributed by atoms with E-state index in [4.69, 9.17) is 10.3 Å². The van der Waals surface area contributed by atoms with Crippen LogP contribution in [0.1, 0.15) is 14.5 Å². The summed E-state index contributed by atoms with van der Waals surface area (Å²) in [5.74, 6) is -0.562. The average Bonchev–Trinajstić information content (AvgIpc) is 2.83. The fourth-order valence-corrected chi connectivity index (χ4v) is 2.50. The first-order valence-corrected chi connectivity index (χ1v) is 5.81. The minimum Gasteiger partial charge on any atom is -0.391 e. The number of amides is 1. The lowest BCUT2D eigenvalue weighted by molar-refractivity contribution is 0.0711. The summed E-state index contributed by atoms with van der Waals surface area (Å²) >= 11 is 1.16. The van der Waals surface area contributed by atoms with Gasteiger partial charge < -0.3 is 5.11 Å². The van der Waals surface area contributed by atoms with Crippen molar-refractivity contribution in [1.29, 1.82) is 0 Å². The lowest BCUT2D eigenvalue weighted by atomic mass is 10.1. The minimum absolute atomic E-state index is 0.122. The predicted molar refractivity (Wildman–Crippen MR) is 64.9 cm³/mol. The molecule has 0 aliphatic rings. The Kier molecular flexibility index (Phi) is 3.53. The number of nitrogens with one attached hydrogen (secondary N) is 1. The van der Waals surface area contributed by atoms with Gasteiger partial charge in [0, 0.05) is 10.4 Å². The second-order valence-corrected chi connectivity index (χ2v) is 4.56. The van der Waals surface area contributed by atoms with Crippen molar-refractivity contribution in [2.75, 3.05) is 0 Å². The van der Waals surface area contributed by atoms with Crippen LogP contribution >= 0.6 is 11.3 Å². The molecule has 1 aromatic carbocycles. The summed E-state index contributed by atoms with van der Waals surface area (Å²) in [5, 5.41) is 17.8. The van der Waals surface area contributed by atoms with Gasteiger partial charge in [-0.25, -0.2) is 5.48 Å². The van der Waals surface area contributed by atoms with Crippen molar-refractivity contribution in [2.24, 2.45) is 0 Å². The maximum Gasteiger partial charge on any atom is 0.285 e.